The first-order valence-corrected chi connectivity index (χ1v) is 5.93. The molecule has 1 aromatic rings. The Morgan fingerprint density at radius 3 is 2.67 bits per heavy atom. The van der Waals surface area contributed by atoms with Crippen LogP contribution in [0, 0.1) is 5.82 Å². The fourth-order valence-corrected chi connectivity index (χ4v) is 1.86. The van der Waals surface area contributed by atoms with Gasteiger partial charge in [-0.05, 0) is 13.0 Å². The maximum absolute atomic E-state index is 13.9. The summed E-state index contributed by atoms with van der Waals surface area (Å²) in [4.78, 5) is 1.68. The van der Waals surface area contributed by atoms with E-state index in [9.17, 15) is 9.50 Å². The number of halogens is 1. The second-order valence-electron chi connectivity index (χ2n) is 4.06. The maximum atomic E-state index is 13.9. The van der Waals surface area contributed by atoms with Gasteiger partial charge in [0.15, 0.2) is 0 Å². The van der Waals surface area contributed by atoms with Crippen LogP contribution in [0.25, 0.3) is 0 Å². The van der Waals surface area contributed by atoms with Crippen LogP contribution < -0.4 is 4.90 Å². The van der Waals surface area contributed by atoms with Crippen LogP contribution in [0.3, 0.4) is 0 Å². The number of benzene rings is 1. The first-order chi connectivity index (χ1) is 8.61. The minimum atomic E-state index is -0.764. The molecule has 4 nitrogen and oxygen atoms in total. The van der Waals surface area contributed by atoms with Crippen molar-refractivity contribution in [2.24, 2.45) is 0 Å². The number of nitrogens with zero attached hydrogens (tertiary/aromatic N) is 1. The van der Waals surface area contributed by atoms with E-state index in [1.807, 2.05) is 0 Å². The molecule has 0 aromatic heterocycles. The van der Waals surface area contributed by atoms with Gasteiger partial charge < -0.3 is 19.8 Å². The summed E-state index contributed by atoms with van der Waals surface area (Å²) in [5.41, 5.74) is 0.846. The molecule has 5 heteroatoms. The van der Waals surface area contributed by atoms with Gasteiger partial charge in [-0.15, -0.1) is 0 Å². The minimum Gasteiger partial charge on any atom is -0.395 e. The van der Waals surface area contributed by atoms with Crippen LogP contribution in [0.1, 0.15) is 18.6 Å². The average molecular weight is 257 g/mol. The molecule has 1 rings (SSSR count). The Bertz CT molecular complexity index is 371. The van der Waals surface area contributed by atoms with E-state index in [1.54, 1.807) is 31.1 Å². The summed E-state index contributed by atoms with van der Waals surface area (Å²) in [6.45, 7) is 2.68. The van der Waals surface area contributed by atoms with Crippen LogP contribution in [0.2, 0.25) is 0 Å². The number of para-hydroxylation sites is 1. The third kappa shape index (κ3) is 3.66. The summed E-state index contributed by atoms with van der Waals surface area (Å²) in [6.07, 6.45) is -0.764. The van der Waals surface area contributed by atoms with E-state index in [-0.39, 0.29) is 6.61 Å². The maximum Gasteiger partial charge on any atom is 0.146 e. The van der Waals surface area contributed by atoms with Gasteiger partial charge >= 0.3 is 0 Å². The number of aliphatic hydroxyl groups excluding tert-OH is 2. The number of aliphatic hydroxyl groups is 2. The van der Waals surface area contributed by atoms with Gasteiger partial charge in [0.05, 0.1) is 25.0 Å². The van der Waals surface area contributed by atoms with Crippen LogP contribution in [-0.2, 0) is 4.74 Å². The standard InChI is InChI=1S/C13H20FNO3/c1-10(17)11-4-3-5-12(14)13(11)15(6-8-16)7-9-18-2/h3-5,10,16-17H,6-9H2,1-2H3/t10-/m0/s1. The summed E-state index contributed by atoms with van der Waals surface area (Å²) < 4.78 is 18.9. The normalized spacial score (nSPS) is 12.5. The molecule has 18 heavy (non-hydrogen) atoms. The Balaban J connectivity index is 3.08. The summed E-state index contributed by atoms with van der Waals surface area (Å²) in [5, 5.41) is 18.7. The minimum absolute atomic E-state index is 0.0860. The van der Waals surface area contributed by atoms with E-state index < -0.39 is 11.9 Å². The molecule has 0 aliphatic carbocycles. The first kappa shape index (κ1) is 14.9. The number of methoxy groups -OCH3 is 1. The molecular weight excluding hydrogens is 237 g/mol. The lowest BCUT2D eigenvalue weighted by atomic mass is 10.1. The zero-order valence-electron chi connectivity index (χ0n) is 10.8. The fourth-order valence-electron chi connectivity index (χ4n) is 1.86. The van der Waals surface area contributed by atoms with Gasteiger partial charge in [0.2, 0.25) is 0 Å². The highest BCUT2D eigenvalue weighted by Crippen LogP contribution is 2.29. The van der Waals surface area contributed by atoms with E-state index in [0.717, 1.165) is 0 Å². The monoisotopic (exact) mass is 257 g/mol. The van der Waals surface area contributed by atoms with Crippen molar-refractivity contribution >= 4 is 5.69 Å². The van der Waals surface area contributed by atoms with E-state index in [1.165, 1.54) is 6.07 Å². The van der Waals surface area contributed by atoms with E-state index in [2.05, 4.69) is 0 Å². The first-order valence-electron chi connectivity index (χ1n) is 5.93. The molecule has 0 heterocycles. The third-order valence-corrected chi connectivity index (χ3v) is 2.72. The molecule has 0 saturated heterocycles. The number of hydrogen-bond donors (Lipinski definition) is 2. The molecule has 0 saturated carbocycles. The molecule has 0 bridgehead atoms. The summed E-state index contributed by atoms with van der Waals surface area (Å²) in [6, 6.07) is 4.59. The van der Waals surface area contributed by atoms with Crippen LogP contribution >= 0.6 is 0 Å². The highest BCUT2D eigenvalue weighted by Gasteiger charge is 2.18. The van der Waals surface area contributed by atoms with Gasteiger partial charge in [0, 0.05) is 25.8 Å². The van der Waals surface area contributed by atoms with Crippen molar-refractivity contribution in [2.45, 2.75) is 13.0 Å². The van der Waals surface area contributed by atoms with Crippen LogP contribution in [0.4, 0.5) is 10.1 Å². The molecule has 0 fully saturated rings. The zero-order chi connectivity index (χ0) is 13.5. The summed E-state index contributed by atoms with van der Waals surface area (Å²) in [7, 11) is 1.56. The largest absolute Gasteiger partial charge is 0.395 e. The van der Waals surface area contributed by atoms with Gasteiger partial charge in [-0.1, -0.05) is 12.1 Å². The van der Waals surface area contributed by atoms with Crippen molar-refractivity contribution < 1.29 is 19.3 Å². The Morgan fingerprint density at radius 2 is 2.11 bits per heavy atom. The lowest BCUT2D eigenvalue weighted by molar-refractivity contribution is 0.195. The van der Waals surface area contributed by atoms with Crippen LogP contribution in [0.15, 0.2) is 18.2 Å². The number of anilines is 1. The lowest BCUT2D eigenvalue weighted by Gasteiger charge is -2.27. The Hall–Kier alpha value is -1.17. The smallest absolute Gasteiger partial charge is 0.146 e. The lowest BCUT2D eigenvalue weighted by Crippen LogP contribution is -2.32. The average Bonchev–Trinajstić information content (AvgIpc) is 2.34. The number of rotatable bonds is 7. The predicted octanol–water partition coefficient (Wildman–Crippen LogP) is 1.32. The number of ether oxygens (including phenoxy) is 1. The quantitative estimate of drug-likeness (QED) is 0.773. The van der Waals surface area contributed by atoms with Gasteiger partial charge in [0.1, 0.15) is 5.82 Å². The van der Waals surface area contributed by atoms with E-state index >= 15 is 0 Å². The SMILES string of the molecule is COCCN(CCO)c1c(F)cccc1[C@H](C)O. The Morgan fingerprint density at radius 1 is 1.39 bits per heavy atom. The third-order valence-electron chi connectivity index (χ3n) is 2.72. The topological polar surface area (TPSA) is 52.9 Å². The Labute approximate surface area is 107 Å². The van der Waals surface area contributed by atoms with Crippen molar-refractivity contribution in [2.75, 3.05) is 38.3 Å². The summed E-state index contributed by atoms with van der Waals surface area (Å²) in [5.74, 6) is -0.405. The second-order valence-corrected chi connectivity index (χ2v) is 4.06. The molecule has 0 aliphatic rings. The fraction of sp³-hybridized carbons (Fsp3) is 0.538. The molecule has 1 aromatic carbocycles. The van der Waals surface area contributed by atoms with Crippen LogP contribution in [0.5, 0.6) is 0 Å². The van der Waals surface area contributed by atoms with Gasteiger partial charge in [-0.2, -0.15) is 0 Å². The highest BCUT2D eigenvalue weighted by molar-refractivity contribution is 5.55. The van der Waals surface area contributed by atoms with Crippen molar-refractivity contribution in [3.05, 3.63) is 29.6 Å². The molecule has 0 unspecified atom stereocenters. The van der Waals surface area contributed by atoms with Gasteiger partial charge in [-0.25, -0.2) is 4.39 Å². The summed E-state index contributed by atoms with van der Waals surface area (Å²) >= 11 is 0. The van der Waals surface area contributed by atoms with Crippen LogP contribution in [-0.4, -0.2) is 43.6 Å². The van der Waals surface area contributed by atoms with E-state index in [0.29, 0.717) is 30.9 Å². The predicted molar refractivity (Wildman–Crippen MR) is 68.2 cm³/mol. The Kier molecular flexibility index (Phi) is 6.04. The molecule has 0 aliphatic heterocycles. The van der Waals surface area contributed by atoms with Crippen molar-refractivity contribution in [3.8, 4) is 0 Å². The zero-order valence-corrected chi connectivity index (χ0v) is 10.8. The number of hydrogen-bond acceptors (Lipinski definition) is 4. The molecule has 102 valence electrons. The van der Waals surface area contributed by atoms with Crippen molar-refractivity contribution in [1.29, 1.82) is 0 Å². The second kappa shape index (κ2) is 7.31. The molecule has 0 amide bonds. The molecule has 0 radical (unpaired) electrons. The molecule has 1 atom stereocenters. The molecule has 0 spiro atoms. The van der Waals surface area contributed by atoms with Crippen molar-refractivity contribution in [1.82, 2.24) is 0 Å². The van der Waals surface area contributed by atoms with Crippen molar-refractivity contribution in [3.63, 3.8) is 0 Å². The van der Waals surface area contributed by atoms with Gasteiger partial charge in [0.25, 0.3) is 0 Å². The van der Waals surface area contributed by atoms with Gasteiger partial charge in [-0.3, -0.25) is 0 Å². The molecular formula is C13H20FNO3. The molecule has 2 N–H and O–H groups in total. The van der Waals surface area contributed by atoms with E-state index in [4.69, 9.17) is 9.84 Å². The highest BCUT2D eigenvalue weighted by atomic mass is 19.1.